The number of hydrogen-bond acceptors (Lipinski definition) is 2. The zero-order valence-electron chi connectivity index (χ0n) is 10.3. The maximum Gasteiger partial charge on any atom is 0.238 e. The summed E-state index contributed by atoms with van der Waals surface area (Å²) >= 11 is 0. The molecule has 0 bridgehead atoms. The van der Waals surface area contributed by atoms with Crippen LogP contribution in [-0.2, 0) is 4.79 Å². The average Bonchev–Trinajstić information content (AvgIpc) is 2.58. The van der Waals surface area contributed by atoms with Crippen molar-refractivity contribution in [2.75, 3.05) is 6.54 Å². The predicted molar refractivity (Wildman–Crippen MR) is 62.5 cm³/mol. The van der Waals surface area contributed by atoms with Gasteiger partial charge in [0.05, 0.1) is 12.7 Å². The van der Waals surface area contributed by atoms with Crippen molar-refractivity contribution in [2.45, 2.75) is 65.1 Å². The molecule has 1 amide bonds. The second-order valence-corrected chi connectivity index (χ2v) is 4.34. The van der Waals surface area contributed by atoms with Crippen LogP contribution in [0.15, 0.2) is 0 Å². The van der Waals surface area contributed by atoms with Crippen LogP contribution in [0.4, 0.5) is 0 Å². The summed E-state index contributed by atoms with van der Waals surface area (Å²) in [4.78, 5) is 13.9. The van der Waals surface area contributed by atoms with E-state index < -0.39 is 0 Å². The molecular weight excluding hydrogens is 188 g/mol. The minimum absolute atomic E-state index is 0.286. The van der Waals surface area contributed by atoms with E-state index in [1.807, 2.05) is 0 Å². The van der Waals surface area contributed by atoms with Gasteiger partial charge in [-0.1, -0.05) is 33.6 Å². The maximum absolute atomic E-state index is 11.8. The van der Waals surface area contributed by atoms with Gasteiger partial charge >= 0.3 is 0 Å². The van der Waals surface area contributed by atoms with Crippen LogP contribution >= 0.6 is 0 Å². The summed E-state index contributed by atoms with van der Waals surface area (Å²) in [5, 5.41) is 3.31. The quantitative estimate of drug-likeness (QED) is 0.731. The third-order valence-electron chi connectivity index (χ3n) is 3.16. The van der Waals surface area contributed by atoms with Crippen LogP contribution in [0, 0.1) is 0 Å². The molecule has 2 unspecified atom stereocenters. The standard InChI is InChI=1S/C12H24N2O/c1-4-7-10(6-3)14-11(8-5-2)13-9-12(14)15/h10-11,13H,4-9H2,1-3H3. The Balaban J connectivity index is 2.64. The molecule has 0 radical (unpaired) electrons. The zero-order chi connectivity index (χ0) is 11.3. The van der Waals surface area contributed by atoms with Crippen LogP contribution in [-0.4, -0.2) is 29.6 Å². The molecule has 0 spiro atoms. The molecule has 3 heteroatoms. The molecule has 1 aliphatic rings. The van der Waals surface area contributed by atoms with Crippen molar-refractivity contribution >= 4 is 5.91 Å². The lowest BCUT2D eigenvalue weighted by molar-refractivity contribution is -0.130. The molecule has 0 aromatic rings. The Morgan fingerprint density at radius 3 is 2.67 bits per heavy atom. The van der Waals surface area contributed by atoms with Crippen LogP contribution in [0.5, 0.6) is 0 Å². The summed E-state index contributed by atoms with van der Waals surface area (Å²) < 4.78 is 0. The molecule has 2 atom stereocenters. The summed E-state index contributed by atoms with van der Waals surface area (Å²) in [5.41, 5.74) is 0. The minimum atomic E-state index is 0.286. The summed E-state index contributed by atoms with van der Waals surface area (Å²) in [6.45, 7) is 7.06. The second-order valence-electron chi connectivity index (χ2n) is 4.34. The fraction of sp³-hybridized carbons (Fsp3) is 0.917. The van der Waals surface area contributed by atoms with E-state index in [2.05, 4.69) is 31.0 Å². The lowest BCUT2D eigenvalue weighted by Gasteiger charge is -2.32. The number of hydrogen-bond donors (Lipinski definition) is 1. The van der Waals surface area contributed by atoms with Crippen molar-refractivity contribution in [1.29, 1.82) is 0 Å². The number of rotatable bonds is 6. The Morgan fingerprint density at radius 1 is 1.40 bits per heavy atom. The highest BCUT2D eigenvalue weighted by atomic mass is 16.2. The van der Waals surface area contributed by atoms with Crippen molar-refractivity contribution in [2.24, 2.45) is 0 Å². The molecular formula is C12H24N2O. The molecule has 1 fully saturated rings. The van der Waals surface area contributed by atoms with Gasteiger partial charge in [0.2, 0.25) is 5.91 Å². The van der Waals surface area contributed by atoms with Gasteiger partial charge in [0.25, 0.3) is 0 Å². The molecule has 0 saturated carbocycles. The van der Waals surface area contributed by atoms with Gasteiger partial charge in [-0.25, -0.2) is 0 Å². The fourth-order valence-electron chi connectivity index (χ4n) is 2.41. The third kappa shape index (κ3) is 2.94. The van der Waals surface area contributed by atoms with Crippen molar-refractivity contribution in [3.8, 4) is 0 Å². The number of carbonyl (C=O) groups is 1. The topological polar surface area (TPSA) is 32.3 Å². The van der Waals surface area contributed by atoms with E-state index in [0.29, 0.717) is 18.8 Å². The fourth-order valence-corrected chi connectivity index (χ4v) is 2.41. The molecule has 1 heterocycles. The molecule has 0 aromatic carbocycles. The highest BCUT2D eigenvalue weighted by molar-refractivity contribution is 5.81. The second kappa shape index (κ2) is 6.11. The molecule has 1 rings (SSSR count). The Bertz CT molecular complexity index is 206. The molecule has 1 saturated heterocycles. The smallest absolute Gasteiger partial charge is 0.238 e. The van der Waals surface area contributed by atoms with Gasteiger partial charge in [-0.15, -0.1) is 0 Å². The van der Waals surface area contributed by atoms with Crippen LogP contribution in [0.25, 0.3) is 0 Å². The zero-order valence-corrected chi connectivity index (χ0v) is 10.3. The number of nitrogens with zero attached hydrogens (tertiary/aromatic N) is 1. The minimum Gasteiger partial charge on any atom is -0.323 e. The molecule has 0 aliphatic carbocycles. The first-order valence-electron chi connectivity index (χ1n) is 6.29. The first kappa shape index (κ1) is 12.5. The average molecular weight is 212 g/mol. The van der Waals surface area contributed by atoms with Crippen molar-refractivity contribution in [1.82, 2.24) is 10.2 Å². The Kier molecular flexibility index (Phi) is 5.09. The van der Waals surface area contributed by atoms with Crippen LogP contribution in [0.1, 0.15) is 52.9 Å². The van der Waals surface area contributed by atoms with E-state index in [1.54, 1.807) is 0 Å². The molecule has 0 aromatic heterocycles. The molecule has 3 nitrogen and oxygen atoms in total. The SMILES string of the molecule is CCCC(CC)N1C(=O)CNC1CCC. The van der Waals surface area contributed by atoms with E-state index in [0.717, 1.165) is 32.1 Å². The van der Waals surface area contributed by atoms with Gasteiger partial charge in [-0.3, -0.25) is 10.1 Å². The van der Waals surface area contributed by atoms with Crippen molar-refractivity contribution in [3.05, 3.63) is 0 Å². The number of amides is 1. The first-order chi connectivity index (χ1) is 7.24. The highest BCUT2D eigenvalue weighted by Gasteiger charge is 2.33. The normalized spacial score (nSPS) is 23.5. The van der Waals surface area contributed by atoms with Crippen molar-refractivity contribution in [3.63, 3.8) is 0 Å². The molecule has 1 aliphatic heterocycles. The van der Waals surface area contributed by atoms with Gasteiger partial charge in [0, 0.05) is 6.04 Å². The van der Waals surface area contributed by atoms with Gasteiger partial charge in [-0.2, -0.15) is 0 Å². The first-order valence-corrected chi connectivity index (χ1v) is 6.29. The van der Waals surface area contributed by atoms with E-state index >= 15 is 0 Å². The number of carbonyl (C=O) groups excluding carboxylic acids is 1. The Labute approximate surface area is 93.2 Å². The van der Waals surface area contributed by atoms with Crippen LogP contribution in [0.2, 0.25) is 0 Å². The van der Waals surface area contributed by atoms with Gasteiger partial charge in [0.1, 0.15) is 0 Å². The van der Waals surface area contributed by atoms with Crippen molar-refractivity contribution < 1.29 is 4.79 Å². The van der Waals surface area contributed by atoms with Gasteiger partial charge in [0.15, 0.2) is 0 Å². The van der Waals surface area contributed by atoms with Gasteiger partial charge < -0.3 is 4.90 Å². The summed E-state index contributed by atoms with van der Waals surface area (Å²) in [5.74, 6) is 0.286. The predicted octanol–water partition coefficient (Wildman–Crippen LogP) is 2.12. The summed E-state index contributed by atoms with van der Waals surface area (Å²) in [7, 11) is 0. The lowest BCUT2D eigenvalue weighted by atomic mass is 10.1. The third-order valence-corrected chi connectivity index (χ3v) is 3.16. The van der Waals surface area contributed by atoms with Crippen LogP contribution in [0.3, 0.4) is 0 Å². The Morgan fingerprint density at radius 2 is 2.13 bits per heavy atom. The van der Waals surface area contributed by atoms with E-state index in [-0.39, 0.29) is 5.91 Å². The van der Waals surface area contributed by atoms with Crippen LogP contribution < -0.4 is 5.32 Å². The Hall–Kier alpha value is -0.570. The summed E-state index contributed by atoms with van der Waals surface area (Å²) in [6, 6.07) is 0.439. The van der Waals surface area contributed by atoms with E-state index in [1.165, 1.54) is 0 Å². The highest BCUT2D eigenvalue weighted by Crippen LogP contribution is 2.19. The monoisotopic (exact) mass is 212 g/mol. The molecule has 88 valence electrons. The van der Waals surface area contributed by atoms with E-state index in [9.17, 15) is 4.79 Å². The molecule has 1 N–H and O–H groups in total. The molecule has 15 heavy (non-hydrogen) atoms. The summed E-state index contributed by atoms with van der Waals surface area (Å²) in [6.07, 6.45) is 5.85. The van der Waals surface area contributed by atoms with E-state index in [4.69, 9.17) is 0 Å². The van der Waals surface area contributed by atoms with Gasteiger partial charge in [-0.05, 0) is 19.3 Å². The largest absolute Gasteiger partial charge is 0.323 e. The maximum atomic E-state index is 11.8. The lowest BCUT2D eigenvalue weighted by Crippen LogP contribution is -2.44. The number of nitrogens with one attached hydrogen (secondary N) is 1.